The van der Waals surface area contributed by atoms with Crippen LogP contribution >= 0.6 is 0 Å². The molecule has 1 atom stereocenters. The lowest BCUT2D eigenvalue weighted by atomic mass is 10.1. The van der Waals surface area contributed by atoms with E-state index >= 15 is 0 Å². The molecule has 3 aromatic rings. The largest absolute Gasteiger partial charge is 0.372 e. The van der Waals surface area contributed by atoms with Gasteiger partial charge in [-0.05, 0) is 86.0 Å². The number of halogens is 2. The van der Waals surface area contributed by atoms with Crippen molar-refractivity contribution < 1.29 is 22.0 Å². The van der Waals surface area contributed by atoms with Gasteiger partial charge in [0, 0.05) is 18.8 Å². The Morgan fingerprint density at radius 2 is 1.46 bits per heavy atom. The maximum absolute atomic E-state index is 13.5. The molecule has 3 aromatic carbocycles. The lowest BCUT2D eigenvalue weighted by Crippen LogP contribution is -2.41. The van der Waals surface area contributed by atoms with Gasteiger partial charge in [-0.15, -0.1) is 0 Å². The van der Waals surface area contributed by atoms with Crippen molar-refractivity contribution in [3.05, 3.63) is 90.0 Å². The van der Waals surface area contributed by atoms with Crippen LogP contribution in [0.3, 0.4) is 0 Å². The van der Waals surface area contributed by atoms with Crippen molar-refractivity contribution in [3.63, 3.8) is 0 Å². The summed E-state index contributed by atoms with van der Waals surface area (Å²) in [4.78, 5) is 15.1. The zero-order valence-electron chi connectivity index (χ0n) is 19.3. The third-order valence-electron chi connectivity index (χ3n) is 6.05. The van der Waals surface area contributed by atoms with Gasteiger partial charge in [0.1, 0.15) is 18.2 Å². The Balaban J connectivity index is 1.51. The fourth-order valence-corrected chi connectivity index (χ4v) is 5.53. The van der Waals surface area contributed by atoms with Crippen molar-refractivity contribution in [2.45, 2.75) is 30.7 Å². The van der Waals surface area contributed by atoms with Gasteiger partial charge in [0.25, 0.3) is 10.0 Å². The molecule has 35 heavy (non-hydrogen) atoms. The summed E-state index contributed by atoms with van der Waals surface area (Å²) in [5.41, 5.74) is 2.14. The summed E-state index contributed by atoms with van der Waals surface area (Å²) in [6.45, 7) is 3.36. The molecule has 1 unspecified atom stereocenters. The first kappa shape index (κ1) is 24.7. The van der Waals surface area contributed by atoms with Crippen LogP contribution in [-0.2, 0) is 14.8 Å². The summed E-state index contributed by atoms with van der Waals surface area (Å²) in [6.07, 6.45) is 2.36. The first-order valence-electron chi connectivity index (χ1n) is 11.4. The van der Waals surface area contributed by atoms with Crippen LogP contribution in [-0.4, -0.2) is 34.0 Å². The van der Waals surface area contributed by atoms with E-state index in [1.165, 1.54) is 25.0 Å². The second-order valence-corrected chi connectivity index (χ2v) is 10.4. The summed E-state index contributed by atoms with van der Waals surface area (Å²) in [7, 11) is -4.22. The van der Waals surface area contributed by atoms with Gasteiger partial charge < -0.3 is 10.2 Å². The third-order valence-corrected chi connectivity index (χ3v) is 7.83. The highest BCUT2D eigenvalue weighted by molar-refractivity contribution is 7.92. The van der Waals surface area contributed by atoms with E-state index in [2.05, 4.69) is 10.2 Å². The minimum atomic E-state index is -4.22. The Hall–Kier alpha value is -3.46. The molecule has 1 heterocycles. The Morgan fingerprint density at radius 1 is 0.914 bits per heavy atom. The van der Waals surface area contributed by atoms with Gasteiger partial charge in [0.15, 0.2) is 0 Å². The number of benzene rings is 3. The fourth-order valence-electron chi connectivity index (χ4n) is 4.11. The van der Waals surface area contributed by atoms with E-state index in [-0.39, 0.29) is 16.6 Å². The Bertz CT molecular complexity index is 1260. The van der Waals surface area contributed by atoms with Gasteiger partial charge in [-0.2, -0.15) is 0 Å². The number of hydrogen-bond acceptors (Lipinski definition) is 4. The summed E-state index contributed by atoms with van der Waals surface area (Å²) in [5.74, 6) is -1.65. The first-order valence-corrected chi connectivity index (χ1v) is 12.9. The number of carbonyl (C=O) groups excluding carboxylic acids is 1. The average Bonchev–Trinajstić information content (AvgIpc) is 3.39. The van der Waals surface area contributed by atoms with Crippen LogP contribution in [0.5, 0.6) is 0 Å². The number of amides is 1. The van der Waals surface area contributed by atoms with Crippen LogP contribution in [0.25, 0.3) is 0 Å². The molecule has 0 radical (unpaired) electrons. The molecule has 1 fully saturated rings. The maximum atomic E-state index is 13.5. The Labute approximate surface area is 204 Å². The van der Waals surface area contributed by atoms with Gasteiger partial charge in [0.05, 0.1) is 16.6 Å². The predicted octanol–water partition coefficient (Wildman–Crippen LogP) is 4.64. The fraction of sp³-hybridized carbons (Fsp3) is 0.269. The van der Waals surface area contributed by atoms with Crippen molar-refractivity contribution in [2.24, 2.45) is 0 Å². The van der Waals surface area contributed by atoms with Crippen LogP contribution in [0, 0.1) is 11.6 Å². The monoisotopic (exact) mass is 499 g/mol. The lowest BCUT2D eigenvalue weighted by molar-refractivity contribution is -0.120. The number of anilines is 2. The van der Waals surface area contributed by atoms with Crippen molar-refractivity contribution in [3.8, 4) is 0 Å². The van der Waals surface area contributed by atoms with E-state index < -0.39 is 34.1 Å². The van der Waals surface area contributed by atoms with E-state index in [0.29, 0.717) is 0 Å². The number of nitrogens with zero attached hydrogens (tertiary/aromatic N) is 2. The smallest absolute Gasteiger partial charge is 0.264 e. The first-order chi connectivity index (χ1) is 16.7. The quantitative estimate of drug-likeness (QED) is 0.490. The van der Waals surface area contributed by atoms with Crippen LogP contribution in [0.15, 0.2) is 77.7 Å². The second kappa shape index (κ2) is 10.4. The van der Waals surface area contributed by atoms with Crippen molar-refractivity contribution in [1.29, 1.82) is 0 Å². The second-order valence-electron chi connectivity index (χ2n) is 8.52. The van der Waals surface area contributed by atoms with Crippen LogP contribution < -0.4 is 14.5 Å². The summed E-state index contributed by atoms with van der Waals surface area (Å²) in [5, 5.41) is 2.84. The topological polar surface area (TPSA) is 69.7 Å². The number of nitrogens with one attached hydrogen (secondary N) is 1. The molecule has 1 amide bonds. The van der Waals surface area contributed by atoms with Crippen LogP contribution in [0.4, 0.5) is 20.2 Å². The summed E-state index contributed by atoms with van der Waals surface area (Å²) >= 11 is 0. The highest BCUT2D eigenvalue weighted by Crippen LogP contribution is 2.25. The normalized spacial score (nSPS) is 14.5. The van der Waals surface area contributed by atoms with Crippen molar-refractivity contribution in [2.75, 3.05) is 28.8 Å². The Morgan fingerprint density at radius 3 is 2.03 bits per heavy atom. The van der Waals surface area contributed by atoms with Gasteiger partial charge in [-0.3, -0.25) is 9.10 Å². The van der Waals surface area contributed by atoms with Crippen LogP contribution in [0.2, 0.25) is 0 Å². The molecule has 4 rings (SSSR count). The van der Waals surface area contributed by atoms with Crippen molar-refractivity contribution >= 4 is 27.3 Å². The SMILES string of the molecule is CC(NC(=O)CN(c1ccc(F)cc1)S(=O)(=O)c1ccc(F)cc1)c1ccc(N2CCCC2)cc1. The molecule has 9 heteroatoms. The highest BCUT2D eigenvalue weighted by Gasteiger charge is 2.28. The Kier molecular flexibility index (Phi) is 7.35. The van der Waals surface area contributed by atoms with Crippen molar-refractivity contribution in [1.82, 2.24) is 5.32 Å². The summed E-state index contributed by atoms with van der Waals surface area (Å²) < 4.78 is 54.3. The summed E-state index contributed by atoms with van der Waals surface area (Å²) in [6, 6.07) is 16.7. The molecule has 1 N–H and O–H groups in total. The highest BCUT2D eigenvalue weighted by atomic mass is 32.2. The van der Waals surface area contributed by atoms with E-state index in [1.807, 2.05) is 31.2 Å². The zero-order chi connectivity index (χ0) is 25.0. The van der Waals surface area contributed by atoms with Gasteiger partial charge >= 0.3 is 0 Å². The molecule has 1 aliphatic heterocycles. The maximum Gasteiger partial charge on any atom is 0.264 e. The molecule has 1 saturated heterocycles. The molecule has 1 aliphatic rings. The van der Waals surface area contributed by atoms with E-state index in [4.69, 9.17) is 0 Å². The van der Waals surface area contributed by atoms with Gasteiger partial charge in [-0.1, -0.05) is 12.1 Å². The number of sulfonamides is 1. The zero-order valence-corrected chi connectivity index (χ0v) is 20.1. The average molecular weight is 500 g/mol. The minimum Gasteiger partial charge on any atom is -0.372 e. The molecule has 184 valence electrons. The lowest BCUT2D eigenvalue weighted by Gasteiger charge is -2.25. The number of hydrogen-bond donors (Lipinski definition) is 1. The molecular formula is C26H27F2N3O3S. The van der Waals surface area contributed by atoms with E-state index in [1.54, 1.807) is 0 Å². The molecule has 6 nitrogen and oxygen atoms in total. The number of carbonyl (C=O) groups is 1. The molecule has 0 spiro atoms. The van der Waals surface area contributed by atoms with E-state index in [0.717, 1.165) is 65.0 Å². The molecule has 0 aromatic heterocycles. The third kappa shape index (κ3) is 5.79. The standard InChI is InChI=1S/C26H27F2N3O3S/c1-19(20-4-10-23(11-5-20)30-16-2-3-17-30)29-26(32)18-31(24-12-6-21(27)7-13-24)35(33,34)25-14-8-22(28)9-15-25/h4-15,19H,2-3,16-18H2,1H3,(H,29,32). The van der Waals surface area contributed by atoms with E-state index in [9.17, 15) is 22.0 Å². The minimum absolute atomic E-state index is 0.119. The molecular weight excluding hydrogens is 472 g/mol. The molecule has 0 aliphatic carbocycles. The predicted molar refractivity (Wildman–Crippen MR) is 132 cm³/mol. The molecule has 0 bridgehead atoms. The molecule has 0 saturated carbocycles. The van der Waals surface area contributed by atoms with Gasteiger partial charge in [-0.25, -0.2) is 17.2 Å². The number of rotatable bonds is 8. The van der Waals surface area contributed by atoms with Gasteiger partial charge in [0.2, 0.25) is 5.91 Å². The van der Waals surface area contributed by atoms with Crippen LogP contribution in [0.1, 0.15) is 31.4 Å².